The first kappa shape index (κ1) is 12.0. The summed E-state index contributed by atoms with van der Waals surface area (Å²) >= 11 is 15.4. The molecule has 0 spiro atoms. The van der Waals surface area contributed by atoms with E-state index in [-0.39, 0.29) is 0 Å². The second-order valence-electron chi connectivity index (χ2n) is 1.96. The molecule has 11 heavy (non-hydrogen) atoms. The van der Waals surface area contributed by atoms with Gasteiger partial charge in [-0.2, -0.15) is 0 Å². The summed E-state index contributed by atoms with van der Waals surface area (Å²) in [5.41, 5.74) is 0. The third kappa shape index (κ3) is 7.34. The molecular weight excluding hydrogens is 270 g/mol. The molecule has 0 unspecified atom stereocenters. The maximum absolute atomic E-state index is 4.77. The van der Waals surface area contributed by atoms with Crippen LogP contribution < -0.4 is 8.12 Å². The fraction of sp³-hybridized carbons (Fsp3) is 0.250. The third-order valence-electron chi connectivity index (χ3n) is 1.09. The predicted octanol–water partition coefficient (Wildman–Crippen LogP) is 0.865. The van der Waals surface area contributed by atoms with Crippen LogP contribution in [0, 0.1) is 0 Å². The van der Waals surface area contributed by atoms with Crippen molar-refractivity contribution in [3.63, 3.8) is 0 Å². The fourth-order valence-electron chi connectivity index (χ4n) is 0.574. The second-order valence-corrected chi connectivity index (χ2v) is 9.92. The number of thiocarbonyl (C=S) groups is 2. The van der Waals surface area contributed by atoms with Crippen LogP contribution in [0.25, 0.3) is 0 Å². The van der Waals surface area contributed by atoms with Gasteiger partial charge >= 0.3 is 94.0 Å². The van der Waals surface area contributed by atoms with Crippen LogP contribution >= 0.6 is 49.7 Å². The summed E-state index contributed by atoms with van der Waals surface area (Å²) in [6.45, 7) is 1.97. The van der Waals surface area contributed by atoms with Crippen molar-refractivity contribution in [1.29, 1.82) is 0 Å². The molecule has 0 saturated carbocycles. The Morgan fingerprint density at radius 2 is 1.64 bits per heavy atom. The molecule has 0 saturated heterocycles. The zero-order valence-corrected chi connectivity index (χ0v) is 12.4. The van der Waals surface area contributed by atoms with E-state index in [0.717, 1.165) is 0 Å². The van der Waals surface area contributed by atoms with Crippen LogP contribution in [-0.2, 0) is 16.0 Å². The van der Waals surface area contributed by atoms with E-state index in [9.17, 15) is 0 Å². The van der Waals surface area contributed by atoms with Crippen molar-refractivity contribution in [1.82, 2.24) is 8.12 Å². The SMILES string of the molecule is C[CH]=[Zn]([NH]C(=S)S)[NH]C(=S)S. The number of thiol groups is 2. The van der Waals surface area contributed by atoms with E-state index in [1.54, 1.807) is 0 Å². The quantitative estimate of drug-likeness (QED) is 0.342. The number of hydrogen-bond acceptors (Lipinski definition) is 2. The van der Waals surface area contributed by atoms with Crippen molar-refractivity contribution in [2.75, 3.05) is 0 Å². The summed E-state index contributed by atoms with van der Waals surface area (Å²) in [6.07, 6.45) is 0. The summed E-state index contributed by atoms with van der Waals surface area (Å²) in [5, 5.41) is 0. The summed E-state index contributed by atoms with van der Waals surface area (Å²) in [5.74, 6) is 0. The summed E-state index contributed by atoms with van der Waals surface area (Å²) in [7, 11) is 0. The Morgan fingerprint density at radius 3 is 1.82 bits per heavy atom. The minimum atomic E-state index is -2.04. The van der Waals surface area contributed by atoms with Crippen LogP contribution in [0.3, 0.4) is 0 Å². The normalized spacial score (nSPS) is 7.45. The second kappa shape index (κ2) is 6.49. The van der Waals surface area contributed by atoms with Crippen molar-refractivity contribution in [3.05, 3.63) is 0 Å². The van der Waals surface area contributed by atoms with E-state index in [4.69, 9.17) is 24.4 Å². The molecule has 0 atom stereocenters. The van der Waals surface area contributed by atoms with E-state index in [1.165, 1.54) is 0 Å². The molecule has 0 aliphatic carbocycles. The van der Waals surface area contributed by atoms with Gasteiger partial charge in [-0.05, 0) is 0 Å². The molecule has 0 aromatic carbocycles. The Morgan fingerprint density at radius 1 is 1.27 bits per heavy atom. The zero-order chi connectivity index (χ0) is 8.85. The maximum atomic E-state index is 4.77. The van der Waals surface area contributed by atoms with Crippen molar-refractivity contribution in [2.24, 2.45) is 0 Å². The molecule has 0 fully saturated rings. The molecule has 2 N–H and O–H groups in total. The van der Waals surface area contributed by atoms with Crippen molar-refractivity contribution >= 4 is 62.9 Å². The van der Waals surface area contributed by atoms with Crippen LogP contribution in [0.5, 0.6) is 0 Å². The molecular formula is C4H8N2S4Zn. The third-order valence-corrected chi connectivity index (χ3v) is 8.82. The molecule has 0 aliphatic heterocycles. The van der Waals surface area contributed by atoms with Gasteiger partial charge in [0.1, 0.15) is 0 Å². The van der Waals surface area contributed by atoms with Crippen LogP contribution in [0.15, 0.2) is 0 Å². The van der Waals surface area contributed by atoms with Gasteiger partial charge < -0.3 is 0 Å². The van der Waals surface area contributed by atoms with E-state index in [2.05, 4.69) is 38.0 Å². The Hall–Kier alpha value is 0.973. The van der Waals surface area contributed by atoms with Gasteiger partial charge in [0.2, 0.25) is 0 Å². The van der Waals surface area contributed by atoms with Gasteiger partial charge in [0.15, 0.2) is 0 Å². The molecule has 7 heteroatoms. The molecule has 0 aromatic heterocycles. The molecule has 0 heterocycles. The first-order valence-electron chi connectivity index (χ1n) is 3.05. The average molecular weight is 278 g/mol. The minimum absolute atomic E-state index is 0.514. The predicted molar refractivity (Wildman–Crippen MR) is 61.2 cm³/mol. The van der Waals surface area contributed by atoms with Crippen molar-refractivity contribution in [3.8, 4) is 0 Å². The van der Waals surface area contributed by atoms with Crippen LogP contribution in [0.4, 0.5) is 0 Å². The number of nitrogens with one attached hydrogen (secondary N) is 2. The summed E-state index contributed by atoms with van der Waals surface area (Å²) < 4.78 is 9.23. The number of rotatable bonds is 2. The standard InChI is InChI=1S/C2H4.2CH3NS2.Zn/c1-2;2*2-1(3)4;/h1H,2H3;2*(H3,2,3,4);/q;;;+2/p-2. The summed E-state index contributed by atoms with van der Waals surface area (Å²) in [6, 6.07) is 0. The van der Waals surface area contributed by atoms with Gasteiger partial charge in [-0.25, -0.2) is 0 Å². The van der Waals surface area contributed by atoms with E-state index < -0.39 is 16.0 Å². The summed E-state index contributed by atoms with van der Waals surface area (Å²) in [4.78, 5) is 0. The van der Waals surface area contributed by atoms with E-state index in [0.29, 0.717) is 8.64 Å². The fourth-order valence-corrected chi connectivity index (χ4v) is 6.37. The van der Waals surface area contributed by atoms with Crippen LogP contribution in [0.1, 0.15) is 6.92 Å². The first-order chi connectivity index (χ1) is 5.06. The van der Waals surface area contributed by atoms with Gasteiger partial charge in [0.05, 0.1) is 0 Å². The topological polar surface area (TPSA) is 24.1 Å². The number of hydrogen-bond donors (Lipinski definition) is 4. The molecule has 2 nitrogen and oxygen atoms in total. The zero-order valence-electron chi connectivity index (χ0n) is 6.00. The van der Waals surface area contributed by atoms with Crippen LogP contribution in [0.2, 0.25) is 0 Å². The van der Waals surface area contributed by atoms with Gasteiger partial charge in [-0.15, -0.1) is 0 Å². The molecule has 0 aromatic rings. The Balaban J connectivity index is 3.99. The molecule has 0 amide bonds. The van der Waals surface area contributed by atoms with Gasteiger partial charge in [-0.1, -0.05) is 0 Å². The Bertz CT molecular complexity index is 184. The molecule has 60 valence electrons. The first-order valence-corrected chi connectivity index (χ1v) is 9.44. The van der Waals surface area contributed by atoms with Gasteiger partial charge in [0.25, 0.3) is 0 Å². The monoisotopic (exact) mass is 276 g/mol. The van der Waals surface area contributed by atoms with E-state index >= 15 is 0 Å². The van der Waals surface area contributed by atoms with Crippen LogP contribution in [-0.4, -0.2) is 13.3 Å². The molecule has 0 rings (SSSR count). The Kier molecular flexibility index (Phi) is 7.06. The molecule has 0 bridgehead atoms. The average Bonchev–Trinajstić information content (AvgIpc) is 1.84. The van der Waals surface area contributed by atoms with E-state index in [1.807, 2.05) is 6.92 Å². The van der Waals surface area contributed by atoms with Gasteiger partial charge in [0, 0.05) is 0 Å². The van der Waals surface area contributed by atoms with Crippen molar-refractivity contribution in [2.45, 2.75) is 6.92 Å². The Labute approximate surface area is 93.3 Å². The molecule has 0 aliphatic rings. The van der Waals surface area contributed by atoms with Crippen molar-refractivity contribution < 1.29 is 16.0 Å². The molecule has 0 radical (unpaired) electrons. The van der Waals surface area contributed by atoms with Gasteiger partial charge in [-0.3, -0.25) is 0 Å².